The van der Waals surface area contributed by atoms with Crippen LogP contribution in [-0.4, -0.2) is 60.8 Å². The molecule has 0 amide bonds. The minimum Gasteiger partial charge on any atom is -0.462 e. The third kappa shape index (κ3) is 11.5. The first-order chi connectivity index (χ1) is 23.4. The highest BCUT2D eigenvalue weighted by atomic mass is 16.5. The van der Waals surface area contributed by atoms with Gasteiger partial charge in [-0.2, -0.15) is 0 Å². The van der Waals surface area contributed by atoms with Gasteiger partial charge >= 0.3 is 23.9 Å². The van der Waals surface area contributed by atoms with Crippen LogP contribution in [0.3, 0.4) is 0 Å². The summed E-state index contributed by atoms with van der Waals surface area (Å²) in [5, 5.41) is 0. The molecule has 0 fully saturated rings. The number of hydrogen-bond acceptors (Lipinski definition) is 11. The molecule has 0 atom stereocenters. The Bertz CT molecular complexity index is 1740. The fourth-order valence-electron chi connectivity index (χ4n) is 4.31. The Morgan fingerprint density at radius 3 is 1.73 bits per heavy atom. The maximum atomic E-state index is 12.7. The molecule has 11 nitrogen and oxygen atoms in total. The van der Waals surface area contributed by atoms with Gasteiger partial charge in [-0.3, -0.25) is 0 Å². The molecule has 0 aliphatic heterocycles. The third-order valence-corrected chi connectivity index (χ3v) is 6.91. The molecule has 3 rings (SSSR count). The topological polar surface area (TPSA) is 140 Å². The number of aryl methyl sites for hydroxylation is 2. The van der Waals surface area contributed by atoms with Crippen LogP contribution < -0.4 is 9.47 Å². The van der Waals surface area contributed by atoms with Gasteiger partial charge in [0, 0.05) is 47.9 Å². The molecule has 49 heavy (non-hydrogen) atoms. The van der Waals surface area contributed by atoms with Crippen molar-refractivity contribution in [3.05, 3.63) is 109 Å². The minimum absolute atomic E-state index is 0.00957. The van der Waals surface area contributed by atoms with Crippen molar-refractivity contribution >= 4 is 23.9 Å². The second-order valence-electron chi connectivity index (χ2n) is 11.0. The first kappa shape index (κ1) is 37.8. The van der Waals surface area contributed by atoms with Gasteiger partial charge in [0.2, 0.25) is 0 Å². The summed E-state index contributed by atoms with van der Waals surface area (Å²) < 4.78 is 26.5. The predicted octanol–water partition coefficient (Wildman–Crippen LogP) is 6.11. The molecular weight excluding hydrogens is 628 g/mol. The van der Waals surface area contributed by atoms with Crippen molar-refractivity contribution in [3.8, 4) is 34.0 Å². The van der Waals surface area contributed by atoms with Crippen LogP contribution in [0, 0.1) is 0 Å². The smallest absolute Gasteiger partial charge is 0.341 e. The van der Waals surface area contributed by atoms with E-state index >= 15 is 0 Å². The molecule has 0 aliphatic carbocycles. The average molecular weight is 669 g/mol. The number of methoxy groups -OCH3 is 1. The lowest BCUT2D eigenvalue weighted by Crippen LogP contribution is -2.15. The van der Waals surface area contributed by atoms with Gasteiger partial charge in [0.15, 0.2) is 5.82 Å². The molecule has 0 spiro atoms. The summed E-state index contributed by atoms with van der Waals surface area (Å²) in [5.74, 6) is -1.19. The number of nitrogens with zero attached hydrogens (tertiary/aromatic N) is 2. The Morgan fingerprint density at radius 2 is 1.22 bits per heavy atom. The van der Waals surface area contributed by atoms with Gasteiger partial charge in [0.25, 0.3) is 0 Å². The van der Waals surface area contributed by atoms with E-state index in [1.54, 1.807) is 50.5 Å². The lowest BCUT2D eigenvalue weighted by molar-refractivity contribution is -0.139. The second kappa shape index (κ2) is 18.6. The molecule has 0 N–H and O–H groups in total. The largest absolute Gasteiger partial charge is 0.462 e. The zero-order valence-corrected chi connectivity index (χ0v) is 28.0. The molecule has 0 aliphatic rings. The number of benzene rings is 2. The van der Waals surface area contributed by atoms with E-state index in [1.165, 1.54) is 7.11 Å². The van der Waals surface area contributed by atoms with E-state index in [0.717, 1.165) is 11.6 Å². The minimum atomic E-state index is -0.644. The highest BCUT2D eigenvalue weighted by Crippen LogP contribution is 2.31. The van der Waals surface area contributed by atoms with E-state index in [9.17, 15) is 19.2 Å². The fourth-order valence-corrected chi connectivity index (χ4v) is 4.31. The molecule has 0 bridgehead atoms. The molecule has 256 valence electrons. The average Bonchev–Trinajstić information content (AvgIpc) is 3.09. The van der Waals surface area contributed by atoms with Crippen LogP contribution in [0.15, 0.2) is 97.9 Å². The molecular formula is C38H40N2O9. The fraction of sp³-hybridized carbons (Fsp3) is 0.263. The first-order valence-electron chi connectivity index (χ1n) is 15.4. The quantitative estimate of drug-likeness (QED) is 0.0671. The van der Waals surface area contributed by atoms with E-state index in [4.69, 9.17) is 23.7 Å². The van der Waals surface area contributed by atoms with E-state index < -0.39 is 23.9 Å². The highest BCUT2D eigenvalue weighted by molar-refractivity contribution is 5.90. The van der Waals surface area contributed by atoms with Crippen LogP contribution in [0.25, 0.3) is 22.5 Å². The van der Waals surface area contributed by atoms with Gasteiger partial charge < -0.3 is 23.7 Å². The summed E-state index contributed by atoms with van der Waals surface area (Å²) in [4.78, 5) is 57.2. The molecule has 0 saturated carbocycles. The molecule has 0 unspecified atom stereocenters. The number of aromatic nitrogens is 2. The lowest BCUT2D eigenvalue weighted by Gasteiger charge is -2.13. The number of esters is 4. The van der Waals surface area contributed by atoms with Crippen molar-refractivity contribution in [1.82, 2.24) is 9.97 Å². The molecule has 0 radical (unpaired) electrons. The summed E-state index contributed by atoms with van der Waals surface area (Å²) in [5.41, 5.74) is 4.17. The maximum absolute atomic E-state index is 12.7. The number of carbonyl (C=O) groups excluding carboxylic acids is 4. The Hall–Kier alpha value is -5.68. The molecule has 0 saturated heterocycles. The van der Waals surface area contributed by atoms with Crippen molar-refractivity contribution in [2.75, 3.05) is 26.9 Å². The number of carbonyl (C=O) groups is 4. The van der Waals surface area contributed by atoms with Crippen molar-refractivity contribution in [3.63, 3.8) is 0 Å². The van der Waals surface area contributed by atoms with E-state index in [2.05, 4.69) is 36.3 Å². The summed E-state index contributed by atoms with van der Waals surface area (Å²) in [7, 11) is 1.45. The second-order valence-corrected chi connectivity index (χ2v) is 11.0. The van der Waals surface area contributed by atoms with E-state index in [0.29, 0.717) is 70.7 Å². The van der Waals surface area contributed by atoms with Crippen molar-refractivity contribution in [2.45, 2.75) is 39.5 Å². The Morgan fingerprint density at radius 1 is 0.714 bits per heavy atom. The Balaban J connectivity index is 1.83. The van der Waals surface area contributed by atoms with Crippen LogP contribution in [-0.2, 0) is 46.2 Å². The summed E-state index contributed by atoms with van der Waals surface area (Å²) in [6.45, 7) is 17.9. The van der Waals surface area contributed by atoms with Crippen LogP contribution in [0.1, 0.15) is 37.8 Å². The summed E-state index contributed by atoms with van der Waals surface area (Å²) in [6, 6.07) is 10.7. The number of rotatable bonds is 18. The standard InChI is InChI=1S/C38H40N2O9/c1-8-34(41)48-32-19-29(15-13-27(32)11-9-17-46-36(42)24(2)3)31-21-39-35(40-22-31)30-16-14-28(12-10-18-47-37(43)25(4)5)33(20-30)49-38(44)26(6)23-45-7/h8,13-16,19-22H,1-2,4,6,9-12,17-18,23H2,3,5,7H3. The van der Waals surface area contributed by atoms with Crippen LogP contribution >= 0.6 is 0 Å². The van der Waals surface area contributed by atoms with Gasteiger partial charge in [0.1, 0.15) is 11.5 Å². The Kier molecular flexibility index (Phi) is 14.3. The van der Waals surface area contributed by atoms with E-state index in [1.807, 2.05) is 12.1 Å². The van der Waals surface area contributed by atoms with Crippen molar-refractivity contribution < 1.29 is 42.9 Å². The normalized spacial score (nSPS) is 10.4. The SMILES string of the molecule is C=CC(=O)Oc1cc(-c2cnc(-c3ccc(CCCOC(=O)C(=C)C)c(OC(=O)C(=C)COC)c3)nc2)ccc1CCCOC(=O)C(=C)C. The van der Waals surface area contributed by atoms with Gasteiger partial charge in [-0.05, 0) is 68.4 Å². The highest BCUT2D eigenvalue weighted by Gasteiger charge is 2.16. The molecule has 1 heterocycles. The lowest BCUT2D eigenvalue weighted by atomic mass is 10.0. The van der Waals surface area contributed by atoms with Crippen molar-refractivity contribution in [2.24, 2.45) is 0 Å². The monoisotopic (exact) mass is 668 g/mol. The van der Waals surface area contributed by atoms with Crippen LogP contribution in [0.5, 0.6) is 11.5 Å². The van der Waals surface area contributed by atoms with Gasteiger partial charge in [-0.1, -0.05) is 50.6 Å². The molecule has 11 heteroatoms. The van der Waals surface area contributed by atoms with Crippen molar-refractivity contribution in [1.29, 1.82) is 0 Å². The summed E-state index contributed by atoms with van der Waals surface area (Å²) >= 11 is 0. The van der Waals surface area contributed by atoms with E-state index in [-0.39, 0.29) is 31.1 Å². The van der Waals surface area contributed by atoms with Gasteiger partial charge in [0.05, 0.1) is 25.4 Å². The predicted molar refractivity (Wildman–Crippen MR) is 184 cm³/mol. The zero-order chi connectivity index (χ0) is 35.9. The first-order valence-corrected chi connectivity index (χ1v) is 15.4. The third-order valence-electron chi connectivity index (χ3n) is 6.91. The zero-order valence-electron chi connectivity index (χ0n) is 28.0. The van der Waals surface area contributed by atoms with Gasteiger partial charge in [-0.25, -0.2) is 29.1 Å². The molecule has 2 aromatic carbocycles. The Labute approximate surface area is 285 Å². The van der Waals surface area contributed by atoms with Gasteiger partial charge in [-0.15, -0.1) is 0 Å². The van der Waals surface area contributed by atoms with Crippen LogP contribution in [0.4, 0.5) is 0 Å². The van der Waals surface area contributed by atoms with Crippen LogP contribution in [0.2, 0.25) is 0 Å². The summed E-state index contributed by atoms with van der Waals surface area (Å²) in [6.07, 6.45) is 6.27. The number of ether oxygens (including phenoxy) is 5. The molecule has 3 aromatic rings. The number of hydrogen-bond donors (Lipinski definition) is 0. The molecule has 1 aromatic heterocycles. The maximum Gasteiger partial charge on any atom is 0.341 e.